The first-order valence-corrected chi connectivity index (χ1v) is 5.44. The van der Waals surface area contributed by atoms with Crippen LogP contribution in [0.5, 0.6) is 5.75 Å². The average molecular weight is 291 g/mol. The zero-order valence-electron chi connectivity index (χ0n) is 10.5. The molecule has 5 nitrogen and oxygen atoms in total. The van der Waals surface area contributed by atoms with Crippen molar-refractivity contribution in [3.8, 4) is 5.75 Å². The van der Waals surface area contributed by atoms with Crippen LogP contribution in [-0.4, -0.2) is 35.6 Å². The Morgan fingerprint density at radius 2 is 2.15 bits per heavy atom. The van der Waals surface area contributed by atoms with Gasteiger partial charge < -0.3 is 14.6 Å². The summed E-state index contributed by atoms with van der Waals surface area (Å²) in [5, 5.41) is 8.53. The number of hydrogen-bond acceptors (Lipinski definition) is 4. The summed E-state index contributed by atoms with van der Waals surface area (Å²) in [5.41, 5.74) is 0.807. The fourth-order valence-corrected chi connectivity index (χ4v) is 1.22. The Labute approximate surface area is 112 Å². The molecule has 0 aliphatic heterocycles. The van der Waals surface area contributed by atoms with Gasteiger partial charge in [0.2, 0.25) is 0 Å². The summed E-state index contributed by atoms with van der Waals surface area (Å²) in [6.07, 6.45) is -2.39. The summed E-state index contributed by atoms with van der Waals surface area (Å²) >= 11 is 0. The number of aryl methyl sites for hydroxylation is 1. The van der Waals surface area contributed by atoms with Crippen LogP contribution < -0.4 is 4.74 Å². The second-order valence-electron chi connectivity index (χ2n) is 3.73. The fraction of sp³-hybridized carbons (Fsp3) is 0.333. The molecular weight excluding hydrogens is 279 g/mol. The van der Waals surface area contributed by atoms with E-state index in [1.807, 2.05) is 0 Å². The number of aromatic nitrogens is 1. The minimum Gasteiger partial charge on any atom is -0.478 e. The van der Waals surface area contributed by atoms with E-state index in [0.29, 0.717) is 5.69 Å². The molecule has 0 bridgehead atoms. The lowest BCUT2D eigenvalue weighted by atomic mass is 10.2. The molecule has 1 heterocycles. The predicted octanol–water partition coefficient (Wildman–Crippen LogP) is 2.40. The van der Waals surface area contributed by atoms with E-state index in [2.05, 4.69) is 9.72 Å². The van der Waals surface area contributed by atoms with Gasteiger partial charge in [-0.05, 0) is 25.1 Å². The molecule has 20 heavy (non-hydrogen) atoms. The van der Waals surface area contributed by atoms with Crippen LogP contribution in [0.1, 0.15) is 11.4 Å². The maximum Gasteiger partial charge on any atom is 0.411 e. The Bertz CT molecular complexity index is 500. The van der Waals surface area contributed by atoms with Crippen LogP contribution in [0.4, 0.5) is 13.2 Å². The van der Waals surface area contributed by atoms with Crippen LogP contribution in [0.15, 0.2) is 18.2 Å². The quantitative estimate of drug-likeness (QED) is 0.495. The highest BCUT2D eigenvalue weighted by atomic mass is 19.4. The molecular formula is C12H12F3NO4. The van der Waals surface area contributed by atoms with Crippen LogP contribution >= 0.6 is 0 Å². The molecule has 0 aliphatic carbocycles. The molecule has 0 atom stereocenters. The lowest BCUT2D eigenvalue weighted by Crippen LogP contribution is -2.19. The Balaban J connectivity index is 2.67. The number of rotatable bonds is 6. The van der Waals surface area contributed by atoms with Gasteiger partial charge in [0, 0.05) is 11.8 Å². The monoisotopic (exact) mass is 291 g/mol. The zero-order chi connectivity index (χ0) is 15.2. The van der Waals surface area contributed by atoms with Crippen molar-refractivity contribution in [2.24, 2.45) is 0 Å². The number of hydrogen-bond donors (Lipinski definition) is 1. The molecule has 1 aromatic heterocycles. The normalized spacial score (nSPS) is 11.8. The van der Waals surface area contributed by atoms with Crippen LogP contribution in [0.2, 0.25) is 0 Å². The van der Waals surface area contributed by atoms with Gasteiger partial charge in [-0.15, -0.1) is 0 Å². The third-order valence-corrected chi connectivity index (χ3v) is 1.97. The molecule has 0 aromatic carbocycles. The van der Waals surface area contributed by atoms with Gasteiger partial charge in [-0.2, -0.15) is 13.2 Å². The van der Waals surface area contributed by atoms with E-state index >= 15 is 0 Å². The molecule has 1 rings (SSSR count). The first-order valence-electron chi connectivity index (χ1n) is 5.44. The highest BCUT2D eigenvalue weighted by Gasteiger charge is 2.27. The van der Waals surface area contributed by atoms with E-state index in [0.717, 1.165) is 6.08 Å². The Hall–Kier alpha value is -2.09. The predicted molar refractivity (Wildman–Crippen MR) is 63.1 cm³/mol. The Morgan fingerprint density at radius 1 is 1.45 bits per heavy atom. The largest absolute Gasteiger partial charge is 0.478 e. The van der Waals surface area contributed by atoms with Crippen molar-refractivity contribution in [1.29, 1.82) is 0 Å². The minimum atomic E-state index is -4.43. The standard InChI is InChI=1S/C12H12F3NO4/c1-8-2-4-10(9(16-8)3-5-11(17)18)20-7-19-6-12(13,14)15/h2-5H,6-7H2,1H3,(H,17,18)/b5-3+. The number of aliphatic carboxylic acids is 1. The van der Waals surface area contributed by atoms with E-state index < -0.39 is 25.5 Å². The molecule has 0 unspecified atom stereocenters. The highest BCUT2D eigenvalue weighted by Crippen LogP contribution is 2.19. The minimum absolute atomic E-state index is 0.135. The molecule has 0 spiro atoms. The van der Waals surface area contributed by atoms with Gasteiger partial charge in [0.05, 0.1) is 0 Å². The smallest absolute Gasteiger partial charge is 0.411 e. The average Bonchev–Trinajstić information content (AvgIpc) is 2.32. The molecule has 0 aliphatic rings. The SMILES string of the molecule is Cc1ccc(OCOCC(F)(F)F)c(/C=C/C(=O)O)n1. The maximum absolute atomic E-state index is 11.9. The van der Waals surface area contributed by atoms with Gasteiger partial charge in [-0.1, -0.05) is 0 Å². The second kappa shape index (κ2) is 6.90. The van der Waals surface area contributed by atoms with Gasteiger partial charge in [0.15, 0.2) is 6.79 Å². The van der Waals surface area contributed by atoms with Crippen LogP contribution in [0, 0.1) is 6.92 Å². The summed E-state index contributed by atoms with van der Waals surface area (Å²) in [7, 11) is 0. The molecule has 0 saturated carbocycles. The van der Waals surface area contributed by atoms with Gasteiger partial charge in [0.25, 0.3) is 0 Å². The Morgan fingerprint density at radius 3 is 2.75 bits per heavy atom. The summed E-state index contributed by atoms with van der Waals surface area (Å²) in [5.74, 6) is -1.04. The summed E-state index contributed by atoms with van der Waals surface area (Å²) in [4.78, 5) is 14.5. The number of pyridine rings is 1. The molecule has 0 radical (unpaired) electrons. The van der Waals surface area contributed by atoms with Crippen molar-refractivity contribution in [3.05, 3.63) is 29.6 Å². The van der Waals surface area contributed by atoms with E-state index in [-0.39, 0.29) is 11.4 Å². The van der Waals surface area contributed by atoms with Gasteiger partial charge in [-0.25, -0.2) is 9.78 Å². The van der Waals surface area contributed by atoms with Crippen LogP contribution in [0.25, 0.3) is 6.08 Å². The number of alkyl halides is 3. The maximum atomic E-state index is 11.9. The third-order valence-electron chi connectivity index (χ3n) is 1.97. The Kier molecular flexibility index (Phi) is 5.51. The second-order valence-corrected chi connectivity index (χ2v) is 3.73. The van der Waals surface area contributed by atoms with E-state index in [4.69, 9.17) is 9.84 Å². The number of carbonyl (C=O) groups is 1. The lowest BCUT2D eigenvalue weighted by Gasteiger charge is -2.11. The van der Waals surface area contributed by atoms with Gasteiger partial charge >= 0.3 is 12.1 Å². The topological polar surface area (TPSA) is 68.7 Å². The van der Waals surface area contributed by atoms with Crippen molar-refractivity contribution < 1.29 is 32.5 Å². The van der Waals surface area contributed by atoms with Crippen molar-refractivity contribution in [1.82, 2.24) is 4.98 Å². The van der Waals surface area contributed by atoms with Crippen LogP contribution in [-0.2, 0) is 9.53 Å². The van der Waals surface area contributed by atoms with Crippen molar-refractivity contribution in [2.45, 2.75) is 13.1 Å². The van der Waals surface area contributed by atoms with E-state index in [1.165, 1.54) is 12.1 Å². The first-order chi connectivity index (χ1) is 9.28. The molecule has 1 aromatic rings. The number of carboxylic acids is 1. The summed E-state index contributed by atoms with van der Waals surface area (Å²) in [6, 6.07) is 3.05. The highest BCUT2D eigenvalue weighted by molar-refractivity contribution is 5.85. The number of nitrogens with zero attached hydrogens (tertiary/aromatic N) is 1. The molecule has 1 N–H and O–H groups in total. The number of ether oxygens (including phenoxy) is 2. The molecule has 0 amide bonds. The third kappa shape index (κ3) is 6.19. The lowest BCUT2D eigenvalue weighted by molar-refractivity contribution is -0.186. The molecule has 0 fully saturated rings. The van der Waals surface area contributed by atoms with Crippen molar-refractivity contribution in [2.75, 3.05) is 13.4 Å². The number of halogens is 3. The van der Waals surface area contributed by atoms with Crippen molar-refractivity contribution >= 4 is 12.0 Å². The van der Waals surface area contributed by atoms with E-state index in [1.54, 1.807) is 13.0 Å². The van der Waals surface area contributed by atoms with Crippen molar-refractivity contribution in [3.63, 3.8) is 0 Å². The van der Waals surface area contributed by atoms with Crippen LogP contribution in [0.3, 0.4) is 0 Å². The molecule has 8 heteroatoms. The fourth-order valence-electron chi connectivity index (χ4n) is 1.22. The zero-order valence-corrected chi connectivity index (χ0v) is 10.5. The van der Waals surface area contributed by atoms with Gasteiger partial charge in [0.1, 0.15) is 18.1 Å². The molecule has 0 saturated heterocycles. The summed E-state index contributed by atoms with van der Waals surface area (Å²) < 4.78 is 44.9. The first kappa shape index (κ1) is 16.0. The summed E-state index contributed by atoms with van der Waals surface area (Å²) in [6.45, 7) is -0.354. The molecule has 110 valence electrons. The van der Waals surface area contributed by atoms with Gasteiger partial charge in [-0.3, -0.25) is 0 Å². The number of carboxylic acid groups (broad SMARTS) is 1. The van der Waals surface area contributed by atoms with E-state index in [9.17, 15) is 18.0 Å².